The van der Waals surface area contributed by atoms with Crippen molar-refractivity contribution in [1.82, 2.24) is 30.0 Å². The molecule has 0 aromatic carbocycles. The van der Waals surface area contributed by atoms with E-state index in [1.165, 1.54) is 5.56 Å². The molecule has 2 amide bonds. The molecule has 0 bridgehead atoms. The fourth-order valence-corrected chi connectivity index (χ4v) is 5.45. The number of amidine groups is 1. The predicted octanol–water partition coefficient (Wildman–Crippen LogP) is 2.37. The highest BCUT2D eigenvalue weighted by atomic mass is 16.5. The van der Waals surface area contributed by atoms with Crippen molar-refractivity contribution in [1.29, 1.82) is 0 Å². The lowest BCUT2D eigenvalue weighted by Gasteiger charge is -2.32. The molecule has 1 N–H and O–H groups in total. The molecule has 0 spiro atoms. The third-order valence-corrected chi connectivity index (χ3v) is 7.25. The third kappa shape index (κ3) is 3.85. The quantitative estimate of drug-likeness (QED) is 0.775. The van der Waals surface area contributed by atoms with Gasteiger partial charge in [-0.15, -0.1) is 0 Å². The number of likely N-dealkylation sites (tertiary alicyclic amines) is 1. The van der Waals surface area contributed by atoms with Crippen LogP contribution in [0.3, 0.4) is 0 Å². The van der Waals surface area contributed by atoms with Crippen molar-refractivity contribution >= 4 is 22.9 Å². The number of nitrogens with zero attached hydrogens (tertiary/aromatic N) is 6. The summed E-state index contributed by atoms with van der Waals surface area (Å²) in [4.78, 5) is 33.2. The van der Waals surface area contributed by atoms with Crippen molar-refractivity contribution in [2.45, 2.75) is 32.4 Å². The lowest BCUT2D eigenvalue weighted by molar-refractivity contribution is 0.0459. The van der Waals surface area contributed by atoms with Gasteiger partial charge in [0.25, 0.3) is 0 Å². The minimum absolute atomic E-state index is 0.0733. The van der Waals surface area contributed by atoms with Crippen LogP contribution >= 0.6 is 0 Å². The summed E-state index contributed by atoms with van der Waals surface area (Å²) in [6, 6.07) is 6.31. The second kappa shape index (κ2) is 8.39. The molecule has 4 aliphatic rings. The summed E-state index contributed by atoms with van der Waals surface area (Å²) in [5, 5.41) is 3.09. The zero-order valence-electron chi connectivity index (χ0n) is 18.9. The van der Waals surface area contributed by atoms with E-state index in [1.807, 2.05) is 24.5 Å². The minimum Gasteiger partial charge on any atom is -0.381 e. The molecule has 0 aliphatic carbocycles. The van der Waals surface area contributed by atoms with Gasteiger partial charge in [0.05, 0.1) is 11.0 Å². The first-order valence-electron chi connectivity index (χ1n) is 11.8. The molecule has 2 fully saturated rings. The van der Waals surface area contributed by atoms with Crippen molar-refractivity contribution in [2.24, 2.45) is 16.8 Å². The van der Waals surface area contributed by atoms with Crippen molar-refractivity contribution in [3.8, 4) is 0 Å². The van der Waals surface area contributed by atoms with Gasteiger partial charge in [0, 0.05) is 63.4 Å². The van der Waals surface area contributed by atoms with E-state index in [9.17, 15) is 4.79 Å². The number of pyridine rings is 2. The Kier molecular flexibility index (Phi) is 5.22. The Labute approximate surface area is 193 Å². The zero-order valence-corrected chi connectivity index (χ0v) is 18.9. The molecule has 6 heterocycles. The highest BCUT2D eigenvalue weighted by Gasteiger charge is 2.40. The molecule has 4 aliphatic heterocycles. The number of aromatic nitrogens is 2. The summed E-state index contributed by atoms with van der Waals surface area (Å²) in [6.07, 6.45) is 7.71. The third-order valence-electron chi connectivity index (χ3n) is 7.25. The largest absolute Gasteiger partial charge is 0.381 e. The van der Waals surface area contributed by atoms with Crippen LogP contribution < -0.4 is 5.32 Å². The van der Waals surface area contributed by atoms with Gasteiger partial charge in [-0.1, -0.05) is 6.92 Å². The predicted molar refractivity (Wildman–Crippen MR) is 124 cm³/mol. The van der Waals surface area contributed by atoms with E-state index in [0.29, 0.717) is 18.6 Å². The van der Waals surface area contributed by atoms with Crippen molar-refractivity contribution in [3.05, 3.63) is 48.2 Å². The van der Waals surface area contributed by atoms with Gasteiger partial charge in [-0.3, -0.25) is 25.1 Å². The van der Waals surface area contributed by atoms with Crippen molar-refractivity contribution in [3.63, 3.8) is 0 Å². The molecule has 172 valence electrons. The number of ether oxygens (including phenoxy) is 1. The van der Waals surface area contributed by atoms with Gasteiger partial charge in [0.2, 0.25) is 0 Å². The summed E-state index contributed by atoms with van der Waals surface area (Å²) >= 11 is 0. The van der Waals surface area contributed by atoms with E-state index in [-0.39, 0.29) is 11.9 Å². The normalized spacial score (nSPS) is 26.4. The number of rotatable bonds is 4. The Balaban J connectivity index is 1.19. The van der Waals surface area contributed by atoms with Crippen molar-refractivity contribution in [2.75, 3.05) is 33.0 Å². The fraction of sp³-hybridized carbons (Fsp3) is 0.500. The summed E-state index contributed by atoms with van der Waals surface area (Å²) in [6.45, 7) is 6.99. The smallest absolute Gasteiger partial charge is 0.329 e. The maximum Gasteiger partial charge on any atom is 0.329 e. The number of carbonyl (C=O) groups is 1. The van der Waals surface area contributed by atoms with E-state index in [4.69, 9.17) is 9.73 Å². The summed E-state index contributed by atoms with van der Waals surface area (Å²) < 4.78 is 5.49. The SMILES string of the molecule is CC1CN(Cc2ccnc3cccnc23)CC1C1=NC2=CN(C3CCOCC3)CN2C(=O)N1. The van der Waals surface area contributed by atoms with Crippen LogP contribution in [0.5, 0.6) is 0 Å². The van der Waals surface area contributed by atoms with Crippen LogP contribution in [0.15, 0.2) is 47.6 Å². The Morgan fingerprint density at radius 2 is 2.03 bits per heavy atom. The van der Waals surface area contributed by atoms with E-state index in [0.717, 1.165) is 68.4 Å². The Morgan fingerprint density at radius 1 is 1.15 bits per heavy atom. The second-order valence-electron chi connectivity index (χ2n) is 9.46. The molecule has 0 saturated carbocycles. The topological polar surface area (TPSA) is 86.2 Å². The van der Waals surface area contributed by atoms with Gasteiger partial charge in [0.1, 0.15) is 12.5 Å². The molecule has 2 unspecified atom stereocenters. The number of nitrogens with one attached hydrogen (secondary N) is 1. The van der Waals surface area contributed by atoms with E-state index in [2.05, 4.69) is 44.3 Å². The van der Waals surface area contributed by atoms with Crippen LogP contribution in [0, 0.1) is 11.8 Å². The molecular weight excluding hydrogens is 418 g/mol. The lowest BCUT2D eigenvalue weighted by Crippen LogP contribution is -2.50. The van der Waals surface area contributed by atoms with Gasteiger partial charge >= 0.3 is 6.03 Å². The highest BCUT2D eigenvalue weighted by molar-refractivity contribution is 6.02. The molecular formula is C24H29N7O2. The number of fused-ring (bicyclic) bond motifs is 2. The number of urea groups is 1. The van der Waals surface area contributed by atoms with Crippen LogP contribution in [0.1, 0.15) is 25.3 Å². The fourth-order valence-electron chi connectivity index (χ4n) is 5.45. The van der Waals surface area contributed by atoms with E-state index in [1.54, 1.807) is 4.90 Å². The highest BCUT2D eigenvalue weighted by Crippen LogP contribution is 2.31. The number of aliphatic imine (C=N–C) groups is 1. The van der Waals surface area contributed by atoms with Gasteiger partial charge < -0.3 is 9.64 Å². The van der Waals surface area contributed by atoms with Crippen LogP contribution in [-0.4, -0.2) is 75.5 Å². The van der Waals surface area contributed by atoms with Gasteiger partial charge in [-0.25, -0.2) is 9.79 Å². The Morgan fingerprint density at radius 3 is 2.91 bits per heavy atom. The summed E-state index contributed by atoms with van der Waals surface area (Å²) in [5.74, 6) is 2.14. The molecule has 2 atom stereocenters. The van der Waals surface area contributed by atoms with Crippen LogP contribution in [-0.2, 0) is 11.3 Å². The monoisotopic (exact) mass is 447 g/mol. The Bertz CT molecular complexity index is 1120. The molecule has 0 radical (unpaired) electrons. The zero-order chi connectivity index (χ0) is 22.4. The van der Waals surface area contributed by atoms with Gasteiger partial charge in [-0.05, 0) is 42.5 Å². The van der Waals surface area contributed by atoms with Gasteiger partial charge in [-0.2, -0.15) is 0 Å². The standard InChI is InChI=1S/C24H29N7O2/c1-16-11-29(12-17-4-8-25-20-3-2-7-26-22(17)20)13-19(16)23-27-21-14-30(15-31(21)24(32)28-23)18-5-9-33-10-6-18/h2-4,7-8,14,16,18-19H,5-6,9-13,15H2,1H3,(H,27,28,32). The van der Waals surface area contributed by atoms with E-state index < -0.39 is 0 Å². The van der Waals surface area contributed by atoms with Crippen LogP contribution in [0.2, 0.25) is 0 Å². The molecule has 9 nitrogen and oxygen atoms in total. The number of amides is 2. The average Bonchev–Trinajstić information content (AvgIpc) is 3.44. The van der Waals surface area contributed by atoms with Crippen molar-refractivity contribution < 1.29 is 9.53 Å². The molecule has 33 heavy (non-hydrogen) atoms. The maximum absolute atomic E-state index is 12.9. The molecule has 2 saturated heterocycles. The maximum atomic E-state index is 12.9. The minimum atomic E-state index is -0.0733. The summed E-state index contributed by atoms with van der Waals surface area (Å²) in [5.41, 5.74) is 3.06. The van der Waals surface area contributed by atoms with Crippen LogP contribution in [0.4, 0.5) is 4.79 Å². The molecule has 2 aromatic heterocycles. The number of hydrogen-bond donors (Lipinski definition) is 1. The molecule has 9 heteroatoms. The lowest BCUT2D eigenvalue weighted by atomic mass is 9.96. The first-order chi connectivity index (χ1) is 16.2. The molecule has 6 rings (SSSR count). The first kappa shape index (κ1) is 20.6. The average molecular weight is 448 g/mol. The van der Waals surface area contributed by atoms with Crippen LogP contribution in [0.25, 0.3) is 11.0 Å². The number of hydrogen-bond acceptors (Lipinski definition) is 7. The second-order valence-corrected chi connectivity index (χ2v) is 9.46. The van der Waals surface area contributed by atoms with Gasteiger partial charge in [0.15, 0.2) is 5.82 Å². The molecule has 2 aromatic rings. The first-order valence-corrected chi connectivity index (χ1v) is 11.8. The van der Waals surface area contributed by atoms with E-state index >= 15 is 0 Å². The number of carbonyl (C=O) groups excluding carboxylic acids is 1. The Hall–Kier alpha value is -3.04. The summed E-state index contributed by atoms with van der Waals surface area (Å²) in [7, 11) is 0.